The smallest absolute Gasteiger partial charge is 0.305 e. The Morgan fingerprint density at radius 1 is 1.03 bits per heavy atom. The highest BCUT2D eigenvalue weighted by molar-refractivity contribution is 6.06. The van der Waals surface area contributed by atoms with E-state index in [-0.39, 0.29) is 11.9 Å². The van der Waals surface area contributed by atoms with Gasteiger partial charge in [0.25, 0.3) is 5.91 Å². The highest BCUT2D eigenvalue weighted by atomic mass is 16.5. The SMILES string of the molecule is CCN(C(=O)c1ccc(-n2nc(C)c(CCC(=O)OC)c2C)cc1)c1ccccc1. The van der Waals surface area contributed by atoms with Gasteiger partial charge in [0.1, 0.15) is 0 Å². The zero-order chi connectivity index (χ0) is 21.7. The Morgan fingerprint density at radius 3 is 2.30 bits per heavy atom. The van der Waals surface area contributed by atoms with Crippen LogP contribution in [0.25, 0.3) is 5.69 Å². The molecule has 0 saturated carbocycles. The first-order valence-corrected chi connectivity index (χ1v) is 10.1. The van der Waals surface area contributed by atoms with Crippen molar-refractivity contribution >= 4 is 17.6 Å². The molecular formula is C24H27N3O3. The molecule has 0 unspecified atom stereocenters. The fraction of sp³-hybridized carbons (Fsp3) is 0.292. The average molecular weight is 405 g/mol. The van der Waals surface area contributed by atoms with E-state index in [2.05, 4.69) is 5.10 Å². The number of para-hydroxylation sites is 1. The van der Waals surface area contributed by atoms with Crippen molar-refractivity contribution in [2.24, 2.45) is 0 Å². The Hall–Kier alpha value is -3.41. The number of aryl methyl sites for hydroxylation is 1. The van der Waals surface area contributed by atoms with Crippen LogP contribution in [0.15, 0.2) is 54.6 Å². The fourth-order valence-corrected chi connectivity index (χ4v) is 3.57. The molecule has 0 saturated heterocycles. The number of carbonyl (C=O) groups excluding carboxylic acids is 2. The Morgan fingerprint density at radius 2 is 1.70 bits per heavy atom. The molecule has 1 heterocycles. The van der Waals surface area contributed by atoms with Crippen LogP contribution in [-0.4, -0.2) is 35.3 Å². The van der Waals surface area contributed by atoms with Crippen molar-refractivity contribution < 1.29 is 14.3 Å². The molecule has 0 aliphatic heterocycles. The summed E-state index contributed by atoms with van der Waals surface area (Å²) in [6.07, 6.45) is 0.910. The summed E-state index contributed by atoms with van der Waals surface area (Å²) in [7, 11) is 1.39. The number of amides is 1. The molecule has 2 aromatic carbocycles. The standard InChI is InChI=1S/C24H27N3O3/c1-5-26(20-9-7-6-8-10-20)24(29)19-11-13-21(14-12-19)27-18(3)22(17(2)25-27)15-16-23(28)30-4/h6-14H,5,15-16H2,1-4H3. The first kappa shape index (κ1) is 21.3. The molecule has 0 atom stereocenters. The number of benzene rings is 2. The fourth-order valence-electron chi connectivity index (χ4n) is 3.57. The number of rotatable bonds is 7. The summed E-state index contributed by atoms with van der Waals surface area (Å²) in [6.45, 7) is 6.48. The lowest BCUT2D eigenvalue weighted by molar-refractivity contribution is -0.140. The number of methoxy groups -OCH3 is 1. The number of aromatic nitrogens is 2. The van der Waals surface area contributed by atoms with Crippen LogP contribution in [0.3, 0.4) is 0 Å². The predicted molar refractivity (Wildman–Crippen MR) is 117 cm³/mol. The van der Waals surface area contributed by atoms with Gasteiger partial charge in [-0.2, -0.15) is 5.10 Å². The minimum absolute atomic E-state index is 0.0395. The maximum Gasteiger partial charge on any atom is 0.305 e. The summed E-state index contributed by atoms with van der Waals surface area (Å²) < 4.78 is 6.59. The van der Waals surface area contributed by atoms with E-state index < -0.39 is 0 Å². The van der Waals surface area contributed by atoms with Crippen LogP contribution in [0.5, 0.6) is 0 Å². The number of carbonyl (C=O) groups is 2. The number of hydrogen-bond acceptors (Lipinski definition) is 4. The molecule has 156 valence electrons. The third-order valence-corrected chi connectivity index (χ3v) is 5.24. The van der Waals surface area contributed by atoms with Gasteiger partial charge < -0.3 is 9.64 Å². The third kappa shape index (κ3) is 4.43. The Bertz CT molecular complexity index is 1020. The molecule has 3 rings (SSSR count). The third-order valence-electron chi connectivity index (χ3n) is 5.24. The zero-order valence-corrected chi connectivity index (χ0v) is 17.9. The summed E-state index contributed by atoms with van der Waals surface area (Å²) in [5.41, 5.74) is 5.29. The van der Waals surface area contributed by atoms with Crippen LogP contribution < -0.4 is 4.90 Å². The van der Waals surface area contributed by atoms with Gasteiger partial charge >= 0.3 is 5.97 Å². The predicted octanol–water partition coefficient (Wildman–Crippen LogP) is 4.26. The molecule has 0 spiro atoms. The highest BCUT2D eigenvalue weighted by Gasteiger charge is 2.17. The lowest BCUT2D eigenvalue weighted by atomic mass is 10.1. The molecule has 0 fully saturated rings. The van der Waals surface area contributed by atoms with Crippen LogP contribution in [0.1, 0.15) is 40.7 Å². The molecule has 0 N–H and O–H groups in total. The maximum atomic E-state index is 13.0. The van der Waals surface area contributed by atoms with E-state index in [4.69, 9.17) is 4.74 Å². The molecule has 0 radical (unpaired) electrons. The number of nitrogens with zero attached hydrogens (tertiary/aromatic N) is 3. The van der Waals surface area contributed by atoms with E-state index in [1.54, 1.807) is 4.90 Å². The number of esters is 1. The average Bonchev–Trinajstić information content (AvgIpc) is 3.06. The van der Waals surface area contributed by atoms with Gasteiger partial charge in [0, 0.05) is 29.9 Å². The topological polar surface area (TPSA) is 64.4 Å². The van der Waals surface area contributed by atoms with Crippen LogP contribution in [0.2, 0.25) is 0 Å². The largest absolute Gasteiger partial charge is 0.469 e. The van der Waals surface area contributed by atoms with Crippen molar-refractivity contribution in [3.8, 4) is 5.69 Å². The Kier molecular flexibility index (Phi) is 6.67. The molecule has 0 aliphatic carbocycles. The van der Waals surface area contributed by atoms with Crippen molar-refractivity contribution in [2.45, 2.75) is 33.6 Å². The maximum absolute atomic E-state index is 13.0. The van der Waals surface area contributed by atoms with E-state index in [1.807, 2.05) is 80.1 Å². The first-order valence-electron chi connectivity index (χ1n) is 10.1. The Balaban J connectivity index is 1.82. The van der Waals surface area contributed by atoms with Gasteiger partial charge in [0.15, 0.2) is 0 Å². The van der Waals surface area contributed by atoms with Crippen LogP contribution in [0.4, 0.5) is 5.69 Å². The lowest BCUT2D eigenvalue weighted by Gasteiger charge is -2.21. The quantitative estimate of drug-likeness (QED) is 0.551. The van der Waals surface area contributed by atoms with Crippen molar-refractivity contribution in [3.05, 3.63) is 77.1 Å². The zero-order valence-electron chi connectivity index (χ0n) is 17.9. The van der Waals surface area contributed by atoms with E-state index in [0.29, 0.717) is 24.9 Å². The minimum Gasteiger partial charge on any atom is -0.469 e. The molecule has 0 bridgehead atoms. The van der Waals surface area contributed by atoms with E-state index in [0.717, 1.165) is 28.3 Å². The molecule has 6 nitrogen and oxygen atoms in total. The van der Waals surface area contributed by atoms with Gasteiger partial charge in [0.05, 0.1) is 18.5 Å². The van der Waals surface area contributed by atoms with Crippen molar-refractivity contribution in [1.29, 1.82) is 0 Å². The van der Waals surface area contributed by atoms with Crippen molar-refractivity contribution in [3.63, 3.8) is 0 Å². The summed E-state index contributed by atoms with van der Waals surface area (Å²) in [6, 6.07) is 17.1. The number of anilines is 1. The number of ether oxygens (including phenoxy) is 1. The second kappa shape index (κ2) is 9.39. The minimum atomic E-state index is -0.233. The summed E-state index contributed by atoms with van der Waals surface area (Å²) in [4.78, 5) is 26.2. The van der Waals surface area contributed by atoms with E-state index in [1.165, 1.54) is 7.11 Å². The second-order valence-electron chi connectivity index (χ2n) is 7.07. The van der Waals surface area contributed by atoms with Gasteiger partial charge in [-0.1, -0.05) is 18.2 Å². The van der Waals surface area contributed by atoms with Gasteiger partial charge in [-0.05, 0) is 69.2 Å². The molecule has 6 heteroatoms. The van der Waals surface area contributed by atoms with Crippen molar-refractivity contribution in [1.82, 2.24) is 9.78 Å². The molecule has 30 heavy (non-hydrogen) atoms. The molecular weight excluding hydrogens is 378 g/mol. The van der Waals surface area contributed by atoms with Crippen LogP contribution in [0, 0.1) is 13.8 Å². The van der Waals surface area contributed by atoms with Crippen LogP contribution >= 0.6 is 0 Å². The normalized spacial score (nSPS) is 10.7. The lowest BCUT2D eigenvalue weighted by Crippen LogP contribution is -2.30. The van der Waals surface area contributed by atoms with Gasteiger partial charge in [-0.25, -0.2) is 4.68 Å². The summed E-state index contributed by atoms with van der Waals surface area (Å²) in [5.74, 6) is -0.273. The second-order valence-corrected chi connectivity index (χ2v) is 7.07. The van der Waals surface area contributed by atoms with Gasteiger partial charge in [-0.3, -0.25) is 9.59 Å². The molecule has 1 amide bonds. The van der Waals surface area contributed by atoms with E-state index >= 15 is 0 Å². The van der Waals surface area contributed by atoms with Crippen LogP contribution in [-0.2, 0) is 16.0 Å². The molecule has 0 aliphatic rings. The molecule has 1 aromatic heterocycles. The highest BCUT2D eigenvalue weighted by Crippen LogP contribution is 2.21. The van der Waals surface area contributed by atoms with E-state index in [9.17, 15) is 9.59 Å². The summed E-state index contributed by atoms with van der Waals surface area (Å²) >= 11 is 0. The van der Waals surface area contributed by atoms with Gasteiger partial charge in [0.2, 0.25) is 0 Å². The van der Waals surface area contributed by atoms with Crippen molar-refractivity contribution in [2.75, 3.05) is 18.6 Å². The monoisotopic (exact) mass is 405 g/mol. The van der Waals surface area contributed by atoms with Gasteiger partial charge in [-0.15, -0.1) is 0 Å². The number of hydrogen-bond donors (Lipinski definition) is 0. The first-order chi connectivity index (χ1) is 14.5. The Labute approximate surface area is 177 Å². The molecule has 3 aromatic rings. The summed E-state index contributed by atoms with van der Waals surface area (Å²) in [5, 5.41) is 4.63.